The molecule has 0 saturated carbocycles. The second-order valence-corrected chi connectivity index (χ2v) is 7.19. The molecular weight excluding hydrogens is 312 g/mol. The molecule has 1 amide bonds. The number of nitrogens with one attached hydrogen (secondary N) is 1. The summed E-state index contributed by atoms with van der Waals surface area (Å²) in [7, 11) is 0. The minimum absolute atomic E-state index is 0.0559. The summed E-state index contributed by atoms with van der Waals surface area (Å²) in [6, 6.07) is 10.5. The number of H-pyrrole nitrogens is 1. The van der Waals surface area contributed by atoms with Crippen molar-refractivity contribution in [2.24, 2.45) is 0 Å². The molecule has 2 aromatic rings. The van der Waals surface area contributed by atoms with Crippen molar-refractivity contribution in [2.75, 3.05) is 19.6 Å². The minimum atomic E-state index is 0.0559. The van der Waals surface area contributed by atoms with Crippen LogP contribution in [0, 0.1) is 0 Å². The molecule has 0 unspecified atom stereocenters. The van der Waals surface area contributed by atoms with Crippen LogP contribution in [0.1, 0.15) is 43.0 Å². The van der Waals surface area contributed by atoms with Gasteiger partial charge in [0.2, 0.25) is 5.91 Å². The molecule has 25 heavy (non-hydrogen) atoms. The highest BCUT2D eigenvalue weighted by atomic mass is 16.2. The van der Waals surface area contributed by atoms with Crippen LogP contribution in [-0.2, 0) is 11.3 Å². The first kappa shape index (κ1) is 16.3. The third-order valence-corrected chi connectivity index (χ3v) is 5.59. The molecule has 3 heterocycles. The van der Waals surface area contributed by atoms with Gasteiger partial charge in [0.1, 0.15) is 5.82 Å². The van der Waals surface area contributed by atoms with Crippen LogP contribution in [0.5, 0.6) is 0 Å². The van der Waals surface area contributed by atoms with E-state index in [2.05, 4.69) is 44.0 Å². The van der Waals surface area contributed by atoms with Crippen molar-refractivity contribution in [3.8, 4) is 0 Å². The monoisotopic (exact) mass is 338 g/mol. The quantitative estimate of drug-likeness (QED) is 0.933. The number of aromatic nitrogens is 2. The fraction of sp³-hybridized carbons (Fsp3) is 0.500. The predicted octanol–water partition coefficient (Wildman–Crippen LogP) is 2.78. The average molecular weight is 338 g/mol. The van der Waals surface area contributed by atoms with E-state index in [0.29, 0.717) is 11.8 Å². The number of likely N-dealkylation sites (tertiary alicyclic amines) is 2. The molecule has 0 spiro atoms. The molecule has 1 aromatic carbocycles. The number of piperidine rings is 1. The molecule has 0 bridgehead atoms. The zero-order chi connectivity index (χ0) is 17.1. The lowest BCUT2D eigenvalue weighted by molar-refractivity contribution is -0.137. The van der Waals surface area contributed by atoms with E-state index in [1.807, 2.05) is 18.5 Å². The normalized spacial score (nSPS) is 22.4. The predicted molar refractivity (Wildman–Crippen MR) is 97.0 cm³/mol. The first-order valence-corrected chi connectivity index (χ1v) is 9.37. The van der Waals surface area contributed by atoms with Crippen molar-refractivity contribution in [1.82, 2.24) is 19.8 Å². The van der Waals surface area contributed by atoms with Crippen molar-refractivity contribution >= 4 is 5.91 Å². The average Bonchev–Trinajstić information content (AvgIpc) is 3.34. The van der Waals surface area contributed by atoms with Gasteiger partial charge in [0.15, 0.2) is 0 Å². The number of hydrogen-bond acceptors (Lipinski definition) is 3. The molecule has 4 rings (SSSR count). The number of amides is 1. The van der Waals surface area contributed by atoms with E-state index in [-0.39, 0.29) is 6.04 Å². The molecule has 5 heteroatoms. The molecule has 2 fully saturated rings. The third kappa shape index (κ3) is 3.61. The highest BCUT2D eigenvalue weighted by Gasteiger charge is 2.35. The molecule has 5 nitrogen and oxygen atoms in total. The third-order valence-electron chi connectivity index (χ3n) is 5.59. The Labute approximate surface area is 149 Å². The number of aromatic amines is 1. The Morgan fingerprint density at radius 2 is 1.92 bits per heavy atom. The van der Waals surface area contributed by atoms with E-state index >= 15 is 0 Å². The zero-order valence-corrected chi connectivity index (χ0v) is 14.6. The summed E-state index contributed by atoms with van der Waals surface area (Å²) in [4.78, 5) is 25.1. The standard InChI is InChI=1S/C20H26N4O/c25-20(23-13-8-17(9-14-23)19-21-10-11-22-19)18-7-4-12-24(18)15-16-5-2-1-3-6-16/h1-3,5-6,10-11,17-18H,4,7-9,12-15H2,(H,21,22)/t18-/m0/s1. The van der Waals surface area contributed by atoms with E-state index in [1.54, 1.807) is 0 Å². The maximum atomic E-state index is 13.1. The Morgan fingerprint density at radius 1 is 1.12 bits per heavy atom. The van der Waals surface area contributed by atoms with Gasteiger partial charge >= 0.3 is 0 Å². The molecule has 0 aliphatic carbocycles. The van der Waals surface area contributed by atoms with Gasteiger partial charge in [0.05, 0.1) is 6.04 Å². The van der Waals surface area contributed by atoms with Gasteiger partial charge in [-0.2, -0.15) is 0 Å². The first-order chi connectivity index (χ1) is 12.3. The van der Waals surface area contributed by atoms with E-state index in [4.69, 9.17) is 0 Å². The van der Waals surface area contributed by atoms with Crippen molar-refractivity contribution in [1.29, 1.82) is 0 Å². The van der Waals surface area contributed by atoms with Crippen LogP contribution < -0.4 is 0 Å². The first-order valence-electron chi connectivity index (χ1n) is 9.37. The van der Waals surface area contributed by atoms with E-state index < -0.39 is 0 Å². The summed E-state index contributed by atoms with van der Waals surface area (Å²) in [6.45, 7) is 3.59. The number of imidazole rings is 1. The molecule has 1 N–H and O–H groups in total. The van der Waals surface area contributed by atoms with Crippen LogP contribution in [0.3, 0.4) is 0 Å². The number of carbonyl (C=O) groups is 1. The summed E-state index contributed by atoms with van der Waals surface area (Å²) in [5.41, 5.74) is 1.29. The van der Waals surface area contributed by atoms with E-state index in [0.717, 1.165) is 57.7 Å². The molecule has 1 aromatic heterocycles. The maximum Gasteiger partial charge on any atom is 0.239 e. The fourth-order valence-corrected chi connectivity index (χ4v) is 4.20. The Kier molecular flexibility index (Phi) is 4.83. The van der Waals surface area contributed by atoms with Crippen LogP contribution in [0.2, 0.25) is 0 Å². The largest absolute Gasteiger partial charge is 0.348 e. The number of hydrogen-bond donors (Lipinski definition) is 1. The van der Waals surface area contributed by atoms with Crippen molar-refractivity contribution < 1.29 is 4.79 Å². The van der Waals surface area contributed by atoms with Gasteiger partial charge in [-0.25, -0.2) is 4.98 Å². The van der Waals surface area contributed by atoms with Crippen LogP contribution in [0.4, 0.5) is 0 Å². The van der Waals surface area contributed by atoms with Crippen LogP contribution in [0.15, 0.2) is 42.7 Å². The molecule has 2 saturated heterocycles. The molecule has 2 aliphatic heterocycles. The second kappa shape index (κ2) is 7.40. The highest BCUT2D eigenvalue weighted by Crippen LogP contribution is 2.28. The Balaban J connectivity index is 1.35. The molecule has 0 radical (unpaired) electrons. The van der Waals surface area contributed by atoms with Gasteiger partial charge in [-0.3, -0.25) is 9.69 Å². The van der Waals surface area contributed by atoms with E-state index in [1.165, 1.54) is 5.56 Å². The topological polar surface area (TPSA) is 52.2 Å². The fourth-order valence-electron chi connectivity index (χ4n) is 4.20. The van der Waals surface area contributed by atoms with Crippen molar-refractivity contribution in [3.05, 3.63) is 54.1 Å². The number of carbonyl (C=O) groups excluding carboxylic acids is 1. The van der Waals surface area contributed by atoms with Gasteiger partial charge in [-0.15, -0.1) is 0 Å². The summed E-state index contributed by atoms with van der Waals surface area (Å²) >= 11 is 0. The zero-order valence-electron chi connectivity index (χ0n) is 14.6. The lowest BCUT2D eigenvalue weighted by atomic mass is 9.95. The van der Waals surface area contributed by atoms with Crippen LogP contribution >= 0.6 is 0 Å². The maximum absolute atomic E-state index is 13.1. The number of rotatable bonds is 4. The molecule has 2 aliphatic rings. The minimum Gasteiger partial charge on any atom is -0.348 e. The number of benzene rings is 1. The number of nitrogens with zero attached hydrogens (tertiary/aromatic N) is 3. The Hall–Kier alpha value is -2.14. The molecular formula is C20H26N4O. The Bertz CT molecular complexity index is 677. The van der Waals surface area contributed by atoms with Crippen LogP contribution in [0.25, 0.3) is 0 Å². The van der Waals surface area contributed by atoms with Gasteiger partial charge in [-0.05, 0) is 37.8 Å². The van der Waals surface area contributed by atoms with E-state index in [9.17, 15) is 4.79 Å². The van der Waals surface area contributed by atoms with Gasteiger partial charge in [0, 0.05) is 37.9 Å². The van der Waals surface area contributed by atoms with Gasteiger partial charge < -0.3 is 9.88 Å². The van der Waals surface area contributed by atoms with Crippen molar-refractivity contribution in [3.63, 3.8) is 0 Å². The molecule has 132 valence electrons. The Morgan fingerprint density at radius 3 is 2.64 bits per heavy atom. The molecule has 1 atom stereocenters. The van der Waals surface area contributed by atoms with Crippen LogP contribution in [-0.4, -0.2) is 51.4 Å². The lowest BCUT2D eigenvalue weighted by Gasteiger charge is -2.35. The van der Waals surface area contributed by atoms with Crippen molar-refractivity contribution in [2.45, 2.75) is 44.2 Å². The van der Waals surface area contributed by atoms with Gasteiger partial charge in [0.25, 0.3) is 0 Å². The SMILES string of the molecule is O=C([C@@H]1CCCN1Cc1ccccc1)N1CCC(c2ncc[nH]2)CC1. The summed E-state index contributed by atoms with van der Waals surface area (Å²) < 4.78 is 0. The smallest absolute Gasteiger partial charge is 0.239 e. The highest BCUT2D eigenvalue weighted by molar-refractivity contribution is 5.82. The lowest BCUT2D eigenvalue weighted by Crippen LogP contribution is -2.48. The summed E-state index contributed by atoms with van der Waals surface area (Å²) in [5.74, 6) is 1.85. The summed E-state index contributed by atoms with van der Waals surface area (Å²) in [6.07, 6.45) is 7.81. The van der Waals surface area contributed by atoms with Gasteiger partial charge in [-0.1, -0.05) is 30.3 Å². The second-order valence-electron chi connectivity index (χ2n) is 7.19. The summed E-state index contributed by atoms with van der Waals surface area (Å²) in [5, 5.41) is 0.